The Balaban J connectivity index is 1.45. The molecular weight excluding hydrogens is 520 g/mol. The highest BCUT2D eigenvalue weighted by molar-refractivity contribution is 6.21. The van der Waals surface area contributed by atoms with Gasteiger partial charge in [-0.2, -0.15) is 0 Å². The molecule has 0 bridgehead atoms. The van der Waals surface area contributed by atoms with Gasteiger partial charge in [-0.25, -0.2) is 0 Å². The predicted molar refractivity (Wildman–Crippen MR) is 183 cm³/mol. The van der Waals surface area contributed by atoms with Crippen LogP contribution >= 0.6 is 0 Å². The lowest BCUT2D eigenvalue weighted by atomic mass is 9.85. The van der Waals surface area contributed by atoms with E-state index in [2.05, 4.69) is 0 Å². The molecule has 0 saturated heterocycles. The van der Waals surface area contributed by atoms with E-state index >= 15 is 0 Å². The van der Waals surface area contributed by atoms with Crippen molar-refractivity contribution < 1.29 is 34.6 Å². The second-order valence-corrected chi connectivity index (χ2v) is 9.59. The van der Waals surface area contributed by atoms with Gasteiger partial charge in [-0.05, 0) is 72.2 Å². The molecule has 9 rings (SSSR count). The van der Waals surface area contributed by atoms with Crippen molar-refractivity contribution in [3.63, 3.8) is 0 Å². The summed E-state index contributed by atoms with van der Waals surface area (Å²) in [4.78, 5) is 0. The third-order valence-corrected chi connectivity index (χ3v) is 7.27. The van der Waals surface area contributed by atoms with Crippen LogP contribution in [0.15, 0.2) is 162 Å². The number of benzene rings is 8. The highest BCUT2D eigenvalue weighted by Crippen LogP contribution is 2.44. The molecule has 1 aromatic heterocycles. The topological polar surface area (TPSA) is 13.1 Å². The minimum Gasteiger partial charge on any atom is -0.455 e. The van der Waals surface area contributed by atoms with Crippen LogP contribution in [0.1, 0.15) is 30.2 Å². The SMILES string of the molecule is [2H]c1c([2H])c([2H])c2c(oc3c(-c4ccc(-c5c6c([2H])c([2H])c([2H])c([2H])c6c(-c6c([2H])c([2H])c7c([2H])c([2H])c([2H])c([2H])c7c6[2H])c6c([2H])c([2H])c([2H])c([2H])c56)cc4)c([2H])c([2H])c([2H])c32)c1[2H]. The molecule has 0 amide bonds. The Morgan fingerprint density at radius 3 is 1.63 bits per heavy atom. The quantitative estimate of drug-likeness (QED) is 0.193. The maximum Gasteiger partial charge on any atom is 0.143 e. The molecule has 1 nitrogen and oxygen atoms in total. The highest BCUT2D eigenvalue weighted by Gasteiger charge is 2.17. The number of hydrogen-bond acceptors (Lipinski definition) is 1. The molecule has 0 N–H and O–H groups in total. The van der Waals surface area contributed by atoms with Crippen LogP contribution in [0.25, 0.3) is 87.6 Å². The number of para-hydroxylation sites is 2. The van der Waals surface area contributed by atoms with E-state index < -0.39 is 166 Å². The maximum atomic E-state index is 9.39. The Labute approximate surface area is 280 Å². The molecule has 0 saturated carbocycles. The van der Waals surface area contributed by atoms with Crippen molar-refractivity contribution in [3.8, 4) is 33.4 Å². The summed E-state index contributed by atoms with van der Waals surface area (Å²) in [6.45, 7) is 0. The van der Waals surface area contributed by atoms with E-state index in [0.29, 0.717) is 0 Å². The van der Waals surface area contributed by atoms with Gasteiger partial charge < -0.3 is 4.42 Å². The van der Waals surface area contributed by atoms with Gasteiger partial charge in [0.15, 0.2) is 0 Å². The van der Waals surface area contributed by atoms with Crippen LogP contribution in [0, 0.1) is 0 Å². The average molecular weight is 569 g/mol. The minimum absolute atomic E-state index is 0.0755. The zero-order chi connectivity index (χ0) is 47.5. The van der Waals surface area contributed by atoms with Gasteiger partial charge in [0.05, 0.1) is 30.2 Å². The van der Waals surface area contributed by atoms with E-state index in [0.717, 1.165) is 0 Å². The van der Waals surface area contributed by atoms with Crippen LogP contribution in [-0.2, 0) is 0 Å². The van der Waals surface area contributed by atoms with Crippen molar-refractivity contribution in [1.29, 1.82) is 0 Å². The maximum absolute atomic E-state index is 9.39. The van der Waals surface area contributed by atoms with Gasteiger partial charge in [-0.15, -0.1) is 0 Å². The Morgan fingerprint density at radius 2 is 0.930 bits per heavy atom. The predicted octanol–water partition coefficient (Wildman–Crippen LogP) is 12.0. The zero-order valence-corrected chi connectivity index (χ0v) is 21.7. The lowest BCUT2D eigenvalue weighted by Crippen LogP contribution is -1.91. The first-order chi connectivity index (χ1) is 30.5. The standard InChI is InChI=1S/C42H26O/c1-2-11-30-26-31(25-20-27(30)10-1)41-36-15-5-3-13-34(36)40(35-14-4-6-16-37(35)41)29-23-21-28(22-24-29)32-17-9-18-38-33-12-7-8-19-39(33)43-42(32)38/h1-26H/i1D,2D,3D,4D,5D,6D,7D,8D,9D,10D,11D,12D,13D,14D,15D,16D,17D,18D,19D,20D,25D,26D. The van der Waals surface area contributed by atoms with E-state index in [9.17, 15) is 8.22 Å². The van der Waals surface area contributed by atoms with Crippen molar-refractivity contribution >= 4 is 54.3 Å². The smallest absolute Gasteiger partial charge is 0.143 e. The van der Waals surface area contributed by atoms with Crippen LogP contribution in [0.3, 0.4) is 0 Å². The van der Waals surface area contributed by atoms with Crippen molar-refractivity contribution in [1.82, 2.24) is 0 Å². The van der Waals surface area contributed by atoms with Gasteiger partial charge >= 0.3 is 0 Å². The van der Waals surface area contributed by atoms with E-state index in [1.165, 1.54) is 24.3 Å². The van der Waals surface area contributed by atoms with Crippen LogP contribution in [0.2, 0.25) is 0 Å². The zero-order valence-electron chi connectivity index (χ0n) is 43.7. The van der Waals surface area contributed by atoms with Gasteiger partial charge in [-0.1, -0.05) is 145 Å². The minimum atomic E-state index is -0.824. The summed E-state index contributed by atoms with van der Waals surface area (Å²) in [5.74, 6) is 0. The van der Waals surface area contributed by atoms with E-state index in [1.54, 1.807) is 0 Å². The molecule has 9 aromatic rings. The number of rotatable bonds is 3. The molecule has 0 atom stereocenters. The summed E-state index contributed by atoms with van der Waals surface area (Å²) >= 11 is 0. The summed E-state index contributed by atoms with van der Waals surface area (Å²) in [6, 6.07) is -9.70. The molecule has 0 unspecified atom stereocenters. The molecule has 1 heterocycles. The van der Waals surface area contributed by atoms with Gasteiger partial charge in [0.25, 0.3) is 0 Å². The van der Waals surface area contributed by atoms with Gasteiger partial charge in [-0.3, -0.25) is 0 Å². The highest BCUT2D eigenvalue weighted by atomic mass is 16.3. The second kappa shape index (κ2) is 9.44. The number of hydrogen-bond donors (Lipinski definition) is 0. The van der Waals surface area contributed by atoms with Crippen LogP contribution in [-0.4, -0.2) is 0 Å². The molecule has 0 fully saturated rings. The fourth-order valence-electron chi connectivity index (χ4n) is 5.41. The first-order valence-electron chi connectivity index (χ1n) is 24.0. The van der Waals surface area contributed by atoms with Crippen molar-refractivity contribution in [2.75, 3.05) is 0 Å². The lowest BCUT2D eigenvalue weighted by Gasteiger charge is -2.18. The van der Waals surface area contributed by atoms with Crippen LogP contribution < -0.4 is 0 Å². The fourth-order valence-corrected chi connectivity index (χ4v) is 5.41. The summed E-state index contributed by atoms with van der Waals surface area (Å²) in [5, 5.41) is -2.84. The Bertz CT molecular complexity index is 3640. The van der Waals surface area contributed by atoms with Crippen molar-refractivity contribution in [2.24, 2.45) is 0 Å². The molecule has 8 aromatic carbocycles. The summed E-state index contributed by atoms with van der Waals surface area (Å²) < 4.78 is 199. The molecule has 0 aliphatic carbocycles. The van der Waals surface area contributed by atoms with Crippen LogP contribution in [0.5, 0.6) is 0 Å². The molecular formula is C42H26O. The first kappa shape index (κ1) is 10.9. The summed E-state index contributed by atoms with van der Waals surface area (Å²) in [7, 11) is 0. The third kappa shape index (κ3) is 3.72. The van der Waals surface area contributed by atoms with Gasteiger partial charge in [0.1, 0.15) is 11.2 Å². The van der Waals surface area contributed by atoms with E-state index in [-0.39, 0.29) is 55.0 Å². The Morgan fingerprint density at radius 1 is 0.395 bits per heavy atom. The summed E-state index contributed by atoms with van der Waals surface area (Å²) in [6.07, 6.45) is 0. The largest absolute Gasteiger partial charge is 0.455 e. The normalized spacial score (nSPS) is 18.9. The average Bonchev–Trinajstić information content (AvgIpc) is 3.69. The molecule has 0 aliphatic heterocycles. The third-order valence-electron chi connectivity index (χ3n) is 7.27. The Kier molecular flexibility index (Phi) is 2.39. The van der Waals surface area contributed by atoms with Crippen LogP contribution in [0.4, 0.5) is 0 Å². The Hall–Kier alpha value is -5.66. The first-order valence-corrected chi connectivity index (χ1v) is 13.0. The van der Waals surface area contributed by atoms with Gasteiger partial charge in [0, 0.05) is 16.3 Å². The van der Waals surface area contributed by atoms with Crippen molar-refractivity contribution in [3.05, 3.63) is 157 Å². The molecule has 0 aliphatic rings. The number of furan rings is 1. The number of fused-ring (bicyclic) bond motifs is 6. The summed E-state index contributed by atoms with van der Waals surface area (Å²) in [5.41, 5.74) is -1.59. The molecule has 43 heavy (non-hydrogen) atoms. The van der Waals surface area contributed by atoms with E-state index in [1.807, 2.05) is 0 Å². The van der Waals surface area contributed by atoms with Crippen molar-refractivity contribution in [2.45, 2.75) is 0 Å². The molecule has 1 heteroatoms. The monoisotopic (exact) mass is 568 g/mol. The second-order valence-electron chi connectivity index (χ2n) is 9.59. The van der Waals surface area contributed by atoms with E-state index in [4.69, 9.17) is 26.3 Å². The lowest BCUT2D eigenvalue weighted by molar-refractivity contribution is 0.670. The molecule has 0 spiro atoms. The fraction of sp³-hybridized carbons (Fsp3) is 0. The molecule has 200 valence electrons. The van der Waals surface area contributed by atoms with Gasteiger partial charge in [0.2, 0.25) is 0 Å². The molecule has 0 radical (unpaired) electrons.